The first-order valence-electron chi connectivity index (χ1n) is 7.94. The van der Waals surface area contributed by atoms with Crippen LogP contribution in [0.1, 0.15) is 57.6 Å². The second-order valence-corrected chi connectivity index (χ2v) is 5.94. The van der Waals surface area contributed by atoms with E-state index in [0.717, 1.165) is 18.4 Å². The van der Waals surface area contributed by atoms with Gasteiger partial charge in [-0.1, -0.05) is 30.9 Å². The van der Waals surface area contributed by atoms with Crippen LogP contribution < -0.4 is 9.47 Å². The largest absolute Gasteiger partial charge is 0.490 e. The molecule has 1 aliphatic carbocycles. The van der Waals surface area contributed by atoms with E-state index in [4.69, 9.17) is 21.1 Å². The number of rotatable bonds is 6. The molecule has 1 saturated carbocycles. The van der Waals surface area contributed by atoms with E-state index in [1.54, 1.807) is 6.07 Å². The van der Waals surface area contributed by atoms with E-state index in [9.17, 15) is 5.11 Å². The third-order valence-electron chi connectivity index (χ3n) is 4.08. The van der Waals surface area contributed by atoms with Gasteiger partial charge in [0.25, 0.3) is 0 Å². The Balaban J connectivity index is 2.27. The molecule has 0 heterocycles. The van der Waals surface area contributed by atoms with Gasteiger partial charge in [-0.25, -0.2) is 0 Å². The average Bonchev–Trinajstić information content (AvgIpc) is 2.50. The highest BCUT2D eigenvalue weighted by molar-refractivity contribution is 6.31. The maximum atomic E-state index is 10.7. The summed E-state index contributed by atoms with van der Waals surface area (Å²) in [6.45, 7) is 4.97. The molecule has 1 atom stereocenters. The summed E-state index contributed by atoms with van der Waals surface area (Å²) in [6, 6.07) is 3.60. The van der Waals surface area contributed by atoms with E-state index in [0.29, 0.717) is 35.7 Å². The van der Waals surface area contributed by atoms with Crippen LogP contribution in [0.4, 0.5) is 0 Å². The predicted octanol–water partition coefficient (Wildman–Crippen LogP) is 4.75. The zero-order valence-electron chi connectivity index (χ0n) is 12.9. The number of aliphatic hydroxyl groups is 1. The maximum absolute atomic E-state index is 10.7. The van der Waals surface area contributed by atoms with Gasteiger partial charge in [-0.05, 0) is 38.7 Å². The smallest absolute Gasteiger partial charge is 0.162 e. The Morgan fingerprint density at radius 1 is 1.10 bits per heavy atom. The Bertz CT molecular complexity index is 456. The van der Waals surface area contributed by atoms with E-state index in [-0.39, 0.29) is 0 Å². The number of hydrogen-bond acceptors (Lipinski definition) is 3. The number of ether oxygens (including phenoxy) is 2. The Labute approximate surface area is 132 Å². The molecule has 1 aromatic rings. The summed E-state index contributed by atoms with van der Waals surface area (Å²) in [5.41, 5.74) is 0.760. The lowest BCUT2D eigenvalue weighted by Gasteiger charge is -2.28. The standard InChI is InChI=1S/C17H25ClO3/c1-3-20-15-10-13(14(18)11-16(15)21-4-2)17(19)12-8-6-5-7-9-12/h10-12,17,19H,3-9H2,1-2H3. The molecule has 1 aliphatic rings. The fraction of sp³-hybridized carbons (Fsp3) is 0.647. The second kappa shape index (κ2) is 7.90. The molecule has 118 valence electrons. The van der Waals surface area contributed by atoms with E-state index in [1.807, 2.05) is 19.9 Å². The van der Waals surface area contributed by atoms with Crippen molar-refractivity contribution < 1.29 is 14.6 Å². The van der Waals surface area contributed by atoms with Gasteiger partial charge in [0.2, 0.25) is 0 Å². The van der Waals surface area contributed by atoms with Gasteiger partial charge in [-0.2, -0.15) is 0 Å². The highest BCUT2D eigenvalue weighted by Gasteiger charge is 2.26. The van der Waals surface area contributed by atoms with Crippen LogP contribution in [0, 0.1) is 5.92 Å². The van der Waals surface area contributed by atoms with Gasteiger partial charge in [0.15, 0.2) is 11.5 Å². The molecule has 3 nitrogen and oxygen atoms in total. The minimum Gasteiger partial charge on any atom is -0.490 e. The Kier molecular flexibility index (Phi) is 6.19. The summed E-state index contributed by atoms with van der Waals surface area (Å²) < 4.78 is 11.2. The molecule has 1 unspecified atom stereocenters. The van der Waals surface area contributed by atoms with E-state index in [2.05, 4.69) is 0 Å². The lowest BCUT2D eigenvalue weighted by molar-refractivity contribution is 0.0846. The van der Waals surface area contributed by atoms with E-state index < -0.39 is 6.10 Å². The molecule has 0 aromatic heterocycles. The van der Waals surface area contributed by atoms with Gasteiger partial charge < -0.3 is 14.6 Å². The van der Waals surface area contributed by atoms with Gasteiger partial charge in [0.1, 0.15) is 0 Å². The molecule has 0 aliphatic heterocycles. The predicted molar refractivity (Wildman–Crippen MR) is 85.3 cm³/mol. The highest BCUT2D eigenvalue weighted by atomic mass is 35.5. The summed E-state index contributed by atoms with van der Waals surface area (Å²) in [5.74, 6) is 1.60. The third kappa shape index (κ3) is 4.04. The second-order valence-electron chi connectivity index (χ2n) is 5.53. The fourth-order valence-electron chi connectivity index (χ4n) is 3.02. The van der Waals surface area contributed by atoms with Crippen LogP contribution >= 0.6 is 11.6 Å². The molecule has 2 rings (SSSR count). The fourth-order valence-corrected chi connectivity index (χ4v) is 3.28. The molecule has 1 aromatic carbocycles. The number of benzene rings is 1. The minimum absolute atomic E-state index is 0.295. The van der Waals surface area contributed by atoms with Crippen molar-refractivity contribution in [3.05, 3.63) is 22.7 Å². The van der Waals surface area contributed by atoms with E-state index >= 15 is 0 Å². The maximum Gasteiger partial charge on any atom is 0.162 e. The highest BCUT2D eigenvalue weighted by Crippen LogP contribution is 2.41. The van der Waals surface area contributed by atoms with Gasteiger partial charge in [0, 0.05) is 11.6 Å². The SMILES string of the molecule is CCOc1cc(Cl)c(C(O)C2CCCCC2)cc1OCC. The Morgan fingerprint density at radius 2 is 1.67 bits per heavy atom. The lowest BCUT2D eigenvalue weighted by Crippen LogP contribution is -2.16. The topological polar surface area (TPSA) is 38.7 Å². The van der Waals surface area contributed by atoms with Crippen molar-refractivity contribution in [2.45, 2.75) is 52.1 Å². The number of halogens is 1. The summed E-state index contributed by atoms with van der Waals surface area (Å²) >= 11 is 6.36. The quantitative estimate of drug-likeness (QED) is 0.823. The molecular formula is C17H25ClO3. The summed E-state index contributed by atoms with van der Waals surface area (Å²) in [5, 5.41) is 11.2. The Hall–Kier alpha value is -0.930. The zero-order chi connectivity index (χ0) is 15.2. The van der Waals surface area contributed by atoms with Crippen molar-refractivity contribution in [1.82, 2.24) is 0 Å². The molecule has 21 heavy (non-hydrogen) atoms. The average molecular weight is 313 g/mol. The van der Waals surface area contributed by atoms with Crippen molar-refractivity contribution in [3.63, 3.8) is 0 Å². The zero-order valence-corrected chi connectivity index (χ0v) is 13.7. The summed E-state index contributed by atoms with van der Waals surface area (Å²) in [6.07, 6.45) is 5.25. The van der Waals surface area contributed by atoms with Crippen LogP contribution in [0.3, 0.4) is 0 Å². The van der Waals surface area contributed by atoms with Crippen molar-refractivity contribution in [1.29, 1.82) is 0 Å². The Morgan fingerprint density at radius 3 is 2.24 bits per heavy atom. The molecule has 4 heteroatoms. The molecule has 1 fully saturated rings. The van der Waals surface area contributed by atoms with E-state index in [1.165, 1.54) is 19.3 Å². The van der Waals surface area contributed by atoms with Crippen molar-refractivity contribution in [3.8, 4) is 11.5 Å². The molecule has 0 bridgehead atoms. The van der Waals surface area contributed by atoms with Crippen molar-refractivity contribution in [2.24, 2.45) is 5.92 Å². The first-order valence-corrected chi connectivity index (χ1v) is 8.32. The van der Waals surface area contributed by atoms with Crippen LogP contribution in [0.25, 0.3) is 0 Å². The van der Waals surface area contributed by atoms with Gasteiger partial charge in [0.05, 0.1) is 24.3 Å². The van der Waals surface area contributed by atoms with Crippen molar-refractivity contribution >= 4 is 11.6 Å². The minimum atomic E-state index is -0.521. The van der Waals surface area contributed by atoms with Crippen LogP contribution in [-0.4, -0.2) is 18.3 Å². The van der Waals surface area contributed by atoms with Gasteiger partial charge >= 0.3 is 0 Å². The molecule has 0 spiro atoms. The van der Waals surface area contributed by atoms with Crippen LogP contribution in [0.2, 0.25) is 5.02 Å². The number of hydrogen-bond donors (Lipinski definition) is 1. The monoisotopic (exact) mass is 312 g/mol. The van der Waals surface area contributed by atoms with Crippen LogP contribution in [0.5, 0.6) is 11.5 Å². The normalized spacial score (nSPS) is 17.5. The summed E-state index contributed by atoms with van der Waals surface area (Å²) in [7, 11) is 0. The lowest BCUT2D eigenvalue weighted by atomic mass is 9.82. The van der Waals surface area contributed by atoms with Gasteiger partial charge in [-0.3, -0.25) is 0 Å². The molecular weight excluding hydrogens is 288 g/mol. The first-order chi connectivity index (χ1) is 10.2. The first kappa shape index (κ1) is 16.4. The van der Waals surface area contributed by atoms with Gasteiger partial charge in [-0.15, -0.1) is 0 Å². The number of aliphatic hydroxyl groups excluding tert-OH is 1. The van der Waals surface area contributed by atoms with Crippen LogP contribution in [-0.2, 0) is 0 Å². The van der Waals surface area contributed by atoms with Crippen molar-refractivity contribution in [2.75, 3.05) is 13.2 Å². The van der Waals surface area contributed by atoms with Crippen LogP contribution in [0.15, 0.2) is 12.1 Å². The molecule has 1 N–H and O–H groups in total. The molecule has 0 radical (unpaired) electrons. The molecule has 0 amide bonds. The third-order valence-corrected chi connectivity index (χ3v) is 4.41. The summed E-state index contributed by atoms with van der Waals surface area (Å²) in [4.78, 5) is 0. The molecule has 0 saturated heterocycles.